The Bertz CT molecular complexity index is 721. The van der Waals surface area contributed by atoms with Crippen molar-refractivity contribution in [2.24, 2.45) is 5.10 Å². The number of nitrogens with one attached hydrogen (secondary N) is 1. The largest absolute Gasteiger partial charge is 0.490 e. The van der Waals surface area contributed by atoms with E-state index in [0.717, 1.165) is 16.1 Å². The van der Waals surface area contributed by atoms with Crippen LogP contribution in [0.25, 0.3) is 0 Å². The minimum absolute atomic E-state index is 0.205. The van der Waals surface area contributed by atoms with Crippen molar-refractivity contribution >= 4 is 17.8 Å². The normalized spacial score (nSPS) is 10.4. The summed E-state index contributed by atoms with van der Waals surface area (Å²) in [6, 6.07) is 13.2. The molecule has 1 N–H and O–H groups in total. The van der Waals surface area contributed by atoms with E-state index in [1.54, 1.807) is 6.21 Å². The molecular formula is C19H19ClN2O2. The predicted molar refractivity (Wildman–Crippen MR) is 97.8 cm³/mol. The molecule has 0 aliphatic rings. The predicted octanol–water partition coefficient (Wildman–Crippen LogP) is 3.87. The molecule has 124 valence electrons. The van der Waals surface area contributed by atoms with Gasteiger partial charge < -0.3 is 14.9 Å². The molecule has 2 aromatic rings. The number of nitrogens with zero attached hydrogens (tertiary/aromatic N) is 1. The minimum atomic E-state index is 0.205. The van der Waals surface area contributed by atoms with Gasteiger partial charge >= 0.3 is 0 Å². The summed E-state index contributed by atoms with van der Waals surface area (Å²) >= 11 is 5.86. The van der Waals surface area contributed by atoms with Gasteiger partial charge in [0.25, 0.3) is 0 Å². The van der Waals surface area contributed by atoms with Crippen LogP contribution < -0.4 is 14.9 Å². The van der Waals surface area contributed by atoms with Crippen LogP contribution in [-0.4, -0.2) is 19.4 Å². The first-order chi connectivity index (χ1) is 11.7. The summed E-state index contributed by atoms with van der Waals surface area (Å²) < 4.78 is 11.0. The number of hydrazone groups is 1. The van der Waals surface area contributed by atoms with E-state index in [0.29, 0.717) is 24.7 Å². The zero-order valence-corrected chi connectivity index (χ0v) is 14.2. The monoisotopic (exact) mass is 342 g/mol. The number of terminal acetylenes is 1. The molecule has 0 amide bonds. The lowest BCUT2D eigenvalue weighted by atomic mass is 10.2. The summed E-state index contributed by atoms with van der Waals surface area (Å²) in [5.74, 6) is 3.71. The van der Waals surface area contributed by atoms with Crippen LogP contribution in [-0.2, 0) is 6.54 Å². The highest BCUT2D eigenvalue weighted by Crippen LogP contribution is 2.27. The zero-order valence-electron chi connectivity index (χ0n) is 13.5. The topological polar surface area (TPSA) is 42.8 Å². The van der Waals surface area contributed by atoms with Gasteiger partial charge in [0.1, 0.15) is 6.61 Å². The molecule has 0 unspecified atom stereocenters. The van der Waals surface area contributed by atoms with E-state index in [4.69, 9.17) is 27.5 Å². The molecule has 2 aromatic carbocycles. The first-order valence-corrected chi connectivity index (χ1v) is 7.94. The van der Waals surface area contributed by atoms with E-state index < -0.39 is 0 Å². The van der Waals surface area contributed by atoms with E-state index in [9.17, 15) is 0 Å². The molecule has 0 saturated heterocycles. The molecule has 5 heteroatoms. The Kier molecular flexibility index (Phi) is 7.00. The first kappa shape index (κ1) is 17.7. The van der Waals surface area contributed by atoms with Crippen LogP contribution in [0.4, 0.5) is 0 Å². The van der Waals surface area contributed by atoms with Crippen molar-refractivity contribution in [2.45, 2.75) is 13.5 Å². The van der Waals surface area contributed by atoms with Gasteiger partial charge in [-0.05, 0) is 48.4 Å². The Labute approximate surface area is 147 Å². The highest BCUT2D eigenvalue weighted by molar-refractivity contribution is 6.30. The molecule has 0 spiro atoms. The molecule has 0 heterocycles. The van der Waals surface area contributed by atoms with Gasteiger partial charge in [-0.3, -0.25) is 0 Å². The van der Waals surface area contributed by atoms with Crippen LogP contribution in [0.1, 0.15) is 18.1 Å². The number of hydrogen-bond acceptors (Lipinski definition) is 4. The smallest absolute Gasteiger partial charge is 0.162 e. The Morgan fingerprint density at radius 1 is 1.17 bits per heavy atom. The quantitative estimate of drug-likeness (QED) is 0.450. The van der Waals surface area contributed by atoms with Crippen molar-refractivity contribution in [2.75, 3.05) is 13.2 Å². The van der Waals surface area contributed by atoms with Crippen molar-refractivity contribution in [3.05, 3.63) is 58.6 Å². The second kappa shape index (κ2) is 9.49. The zero-order chi connectivity index (χ0) is 17.2. The van der Waals surface area contributed by atoms with E-state index in [2.05, 4.69) is 16.4 Å². The maximum Gasteiger partial charge on any atom is 0.162 e. The summed E-state index contributed by atoms with van der Waals surface area (Å²) in [6.45, 7) is 3.28. The number of ether oxygens (including phenoxy) is 2. The van der Waals surface area contributed by atoms with Gasteiger partial charge in [-0.2, -0.15) is 5.10 Å². The van der Waals surface area contributed by atoms with Gasteiger partial charge in [0.15, 0.2) is 11.5 Å². The van der Waals surface area contributed by atoms with E-state index >= 15 is 0 Å². The van der Waals surface area contributed by atoms with Crippen LogP contribution in [0.2, 0.25) is 5.02 Å². The summed E-state index contributed by atoms with van der Waals surface area (Å²) in [6.07, 6.45) is 6.94. The molecule has 0 bridgehead atoms. The maximum absolute atomic E-state index is 5.86. The van der Waals surface area contributed by atoms with E-state index in [1.807, 2.05) is 49.4 Å². The Morgan fingerprint density at radius 2 is 1.96 bits per heavy atom. The Balaban J connectivity index is 1.96. The lowest BCUT2D eigenvalue weighted by Gasteiger charge is -2.10. The van der Waals surface area contributed by atoms with E-state index in [-0.39, 0.29) is 6.61 Å². The average molecular weight is 343 g/mol. The molecule has 0 aliphatic carbocycles. The molecule has 0 saturated carbocycles. The Morgan fingerprint density at radius 3 is 2.67 bits per heavy atom. The molecule has 0 aliphatic heterocycles. The standard InChI is InChI=1S/C19H19ClN2O2/c1-3-11-24-18-10-7-16(12-19(18)23-4-2)14-22-21-13-15-5-8-17(20)9-6-15/h1,5-10,12,14,21H,4,11,13H2,2H3/b22-14-. The SMILES string of the molecule is C#CCOc1ccc(/C=N\NCc2ccc(Cl)cc2)cc1OCC. The highest BCUT2D eigenvalue weighted by Gasteiger charge is 2.05. The fourth-order valence-electron chi connectivity index (χ4n) is 1.97. The molecular weight excluding hydrogens is 324 g/mol. The van der Waals surface area contributed by atoms with Crippen LogP contribution >= 0.6 is 11.6 Å². The van der Waals surface area contributed by atoms with Crippen LogP contribution in [0.5, 0.6) is 11.5 Å². The van der Waals surface area contributed by atoms with Crippen molar-refractivity contribution < 1.29 is 9.47 Å². The van der Waals surface area contributed by atoms with Gasteiger partial charge in [0.05, 0.1) is 19.4 Å². The van der Waals surface area contributed by atoms with Crippen molar-refractivity contribution in [3.63, 3.8) is 0 Å². The van der Waals surface area contributed by atoms with Crippen molar-refractivity contribution in [1.29, 1.82) is 0 Å². The number of benzene rings is 2. The molecule has 24 heavy (non-hydrogen) atoms. The molecule has 0 fully saturated rings. The third kappa shape index (κ3) is 5.53. The lowest BCUT2D eigenvalue weighted by molar-refractivity contribution is 0.299. The second-order valence-corrected chi connectivity index (χ2v) is 5.29. The summed E-state index contributed by atoms with van der Waals surface area (Å²) in [4.78, 5) is 0. The van der Waals surface area contributed by atoms with Gasteiger partial charge in [0.2, 0.25) is 0 Å². The molecule has 0 aromatic heterocycles. The summed E-state index contributed by atoms with van der Waals surface area (Å²) in [5.41, 5.74) is 5.00. The third-order valence-electron chi connectivity index (χ3n) is 3.08. The Hall–Kier alpha value is -2.64. The van der Waals surface area contributed by atoms with Gasteiger partial charge in [-0.25, -0.2) is 0 Å². The third-order valence-corrected chi connectivity index (χ3v) is 3.33. The number of rotatable bonds is 8. The summed E-state index contributed by atoms with van der Waals surface area (Å²) in [7, 11) is 0. The molecule has 4 nitrogen and oxygen atoms in total. The van der Waals surface area contributed by atoms with Crippen LogP contribution in [0.15, 0.2) is 47.6 Å². The van der Waals surface area contributed by atoms with Crippen LogP contribution in [0, 0.1) is 12.3 Å². The van der Waals surface area contributed by atoms with Gasteiger partial charge in [0, 0.05) is 5.02 Å². The fraction of sp³-hybridized carbons (Fsp3) is 0.211. The highest BCUT2D eigenvalue weighted by atomic mass is 35.5. The first-order valence-electron chi connectivity index (χ1n) is 7.56. The summed E-state index contributed by atoms with van der Waals surface area (Å²) in [5, 5.41) is 4.94. The van der Waals surface area contributed by atoms with Crippen molar-refractivity contribution in [3.8, 4) is 23.8 Å². The van der Waals surface area contributed by atoms with Gasteiger partial charge in [-0.15, -0.1) is 6.42 Å². The molecule has 0 atom stereocenters. The van der Waals surface area contributed by atoms with Gasteiger partial charge in [-0.1, -0.05) is 29.7 Å². The second-order valence-electron chi connectivity index (χ2n) is 4.85. The maximum atomic E-state index is 5.86. The number of halogens is 1. The fourth-order valence-corrected chi connectivity index (χ4v) is 2.10. The molecule has 2 rings (SSSR count). The van der Waals surface area contributed by atoms with E-state index in [1.165, 1.54) is 0 Å². The van der Waals surface area contributed by atoms with Crippen molar-refractivity contribution in [1.82, 2.24) is 5.43 Å². The number of hydrogen-bond donors (Lipinski definition) is 1. The minimum Gasteiger partial charge on any atom is -0.490 e. The molecule has 0 radical (unpaired) electrons. The lowest BCUT2D eigenvalue weighted by Crippen LogP contribution is -2.05. The average Bonchev–Trinajstić information content (AvgIpc) is 2.60. The van der Waals surface area contributed by atoms with Crippen LogP contribution in [0.3, 0.4) is 0 Å².